The maximum atomic E-state index is 12.6. The van der Waals surface area contributed by atoms with Crippen molar-refractivity contribution in [2.24, 2.45) is 0 Å². The van der Waals surface area contributed by atoms with Crippen molar-refractivity contribution < 1.29 is 32.6 Å². The second-order valence-corrected chi connectivity index (χ2v) is 6.38. The van der Waals surface area contributed by atoms with Crippen LogP contribution in [0.15, 0.2) is 48.5 Å². The van der Waals surface area contributed by atoms with Gasteiger partial charge in [-0.3, -0.25) is 4.79 Å². The SMILES string of the molecule is COC(=O)[C@H](Cc1cccc(Cl)c1)NC(=O)[C@@H](O)c1ccc(C(F)(F)F)cc1. The molecule has 0 heterocycles. The number of rotatable bonds is 6. The van der Waals surface area contributed by atoms with E-state index in [1.165, 1.54) is 0 Å². The van der Waals surface area contributed by atoms with Crippen LogP contribution in [0.25, 0.3) is 0 Å². The van der Waals surface area contributed by atoms with Gasteiger partial charge in [-0.15, -0.1) is 0 Å². The van der Waals surface area contributed by atoms with Gasteiger partial charge in [-0.05, 0) is 35.4 Å². The third-order valence-corrected chi connectivity index (χ3v) is 4.17. The number of carbonyl (C=O) groups excluding carboxylic acids is 2. The fourth-order valence-electron chi connectivity index (χ4n) is 2.49. The second-order valence-electron chi connectivity index (χ2n) is 5.94. The lowest BCUT2D eigenvalue weighted by molar-refractivity contribution is -0.146. The van der Waals surface area contributed by atoms with Gasteiger partial charge in [0.1, 0.15) is 6.04 Å². The van der Waals surface area contributed by atoms with Crippen LogP contribution in [0.2, 0.25) is 5.02 Å². The Morgan fingerprint density at radius 3 is 2.36 bits per heavy atom. The quantitative estimate of drug-likeness (QED) is 0.710. The van der Waals surface area contributed by atoms with Crippen LogP contribution in [-0.2, 0) is 26.9 Å². The Bertz CT molecular complexity index is 840. The lowest BCUT2D eigenvalue weighted by Gasteiger charge is -2.19. The highest BCUT2D eigenvalue weighted by molar-refractivity contribution is 6.30. The highest BCUT2D eigenvalue weighted by Crippen LogP contribution is 2.30. The van der Waals surface area contributed by atoms with E-state index in [1.807, 2.05) is 0 Å². The van der Waals surface area contributed by atoms with Crippen LogP contribution in [0.3, 0.4) is 0 Å². The number of alkyl halides is 3. The van der Waals surface area contributed by atoms with Crippen molar-refractivity contribution in [2.75, 3.05) is 7.11 Å². The number of amides is 1. The molecule has 0 aliphatic rings. The largest absolute Gasteiger partial charge is 0.467 e. The number of hydrogen-bond donors (Lipinski definition) is 2. The zero-order chi connectivity index (χ0) is 20.9. The Kier molecular flexibility index (Phi) is 7.04. The van der Waals surface area contributed by atoms with Gasteiger partial charge in [0.25, 0.3) is 5.91 Å². The molecule has 0 bridgehead atoms. The third kappa shape index (κ3) is 5.71. The van der Waals surface area contributed by atoms with Crippen LogP contribution in [0, 0.1) is 0 Å². The van der Waals surface area contributed by atoms with E-state index in [0.29, 0.717) is 10.6 Å². The number of nitrogens with one attached hydrogen (secondary N) is 1. The van der Waals surface area contributed by atoms with Crippen LogP contribution in [0.5, 0.6) is 0 Å². The molecule has 0 saturated heterocycles. The number of aliphatic hydroxyl groups excluding tert-OH is 1. The van der Waals surface area contributed by atoms with E-state index in [-0.39, 0.29) is 12.0 Å². The first-order valence-electron chi connectivity index (χ1n) is 8.09. The predicted molar refractivity (Wildman–Crippen MR) is 95.5 cm³/mol. The van der Waals surface area contributed by atoms with E-state index in [9.17, 15) is 27.9 Å². The average molecular weight is 416 g/mol. The van der Waals surface area contributed by atoms with Gasteiger partial charge < -0.3 is 15.2 Å². The van der Waals surface area contributed by atoms with Crippen molar-refractivity contribution in [2.45, 2.75) is 24.7 Å². The summed E-state index contributed by atoms with van der Waals surface area (Å²) in [6.07, 6.45) is -6.23. The average Bonchev–Trinajstić information content (AvgIpc) is 2.65. The minimum absolute atomic E-state index is 0.0446. The molecule has 0 fully saturated rings. The summed E-state index contributed by atoms with van der Waals surface area (Å²) in [5.41, 5.74) is -0.304. The summed E-state index contributed by atoms with van der Waals surface area (Å²) in [6.45, 7) is 0. The number of esters is 1. The predicted octanol–water partition coefficient (Wildman–Crippen LogP) is 3.29. The number of methoxy groups -OCH3 is 1. The molecule has 2 aromatic carbocycles. The topological polar surface area (TPSA) is 75.6 Å². The van der Waals surface area contributed by atoms with E-state index in [1.54, 1.807) is 24.3 Å². The summed E-state index contributed by atoms with van der Waals surface area (Å²) in [5, 5.41) is 12.9. The number of halogens is 4. The van der Waals surface area contributed by atoms with Crippen LogP contribution in [-0.4, -0.2) is 30.1 Å². The van der Waals surface area contributed by atoms with Gasteiger partial charge in [-0.1, -0.05) is 35.9 Å². The molecule has 28 heavy (non-hydrogen) atoms. The Balaban J connectivity index is 2.12. The number of carbonyl (C=O) groups is 2. The summed E-state index contributed by atoms with van der Waals surface area (Å²) in [7, 11) is 1.14. The van der Waals surface area contributed by atoms with E-state index >= 15 is 0 Å². The van der Waals surface area contributed by atoms with Crippen molar-refractivity contribution in [3.8, 4) is 0 Å². The lowest BCUT2D eigenvalue weighted by Crippen LogP contribution is -2.45. The zero-order valence-corrected chi connectivity index (χ0v) is 15.4. The number of hydrogen-bond acceptors (Lipinski definition) is 4. The smallest absolute Gasteiger partial charge is 0.416 e. The molecule has 2 aromatic rings. The van der Waals surface area contributed by atoms with Crippen LogP contribution in [0.1, 0.15) is 22.8 Å². The van der Waals surface area contributed by atoms with Gasteiger partial charge in [-0.2, -0.15) is 13.2 Å². The highest BCUT2D eigenvalue weighted by atomic mass is 35.5. The van der Waals surface area contributed by atoms with Gasteiger partial charge >= 0.3 is 12.1 Å². The molecule has 0 spiro atoms. The Morgan fingerprint density at radius 1 is 1.18 bits per heavy atom. The maximum Gasteiger partial charge on any atom is 0.416 e. The molecule has 0 unspecified atom stereocenters. The first-order chi connectivity index (χ1) is 13.1. The summed E-state index contributed by atoms with van der Waals surface area (Å²) >= 11 is 5.90. The van der Waals surface area contributed by atoms with Crippen molar-refractivity contribution in [3.05, 3.63) is 70.2 Å². The van der Waals surface area contributed by atoms with Gasteiger partial charge in [0.05, 0.1) is 12.7 Å². The minimum atomic E-state index is -4.53. The van der Waals surface area contributed by atoms with E-state index < -0.39 is 35.8 Å². The van der Waals surface area contributed by atoms with Crippen molar-refractivity contribution in [3.63, 3.8) is 0 Å². The molecule has 1 amide bonds. The molecular weight excluding hydrogens is 399 g/mol. The number of ether oxygens (including phenoxy) is 1. The molecule has 2 atom stereocenters. The van der Waals surface area contributed by atoms with E-state index in [0.717, 1.165) is 31.4 Å². The summed E-state index contributed by atoms with van der Waals surface area (Å²) in [6, 6.07) is 9.02. The maximum absolute atomic E-state index is 12.6. The Labute approximate surface area is 164 Å². The fourth-order valence-corrected chi connectivity index (χ4v) is 2.70. The molecule has 2 N–H and O–H groups in total. The normalized spacial score (nSPS) is 13.5. The summed E-state index contributed by atoms with van der Waals surface area (Å²) in [4.78, 5) is 24.3. The lowest BCUT2D eigenvalue weighted by atomic mass is 10.0. The summed E-state index contributed by atoms with van der Waals surface area (Å²) < 4.78 is 42.5. The standard InChI is InChI=1S/C19H17ClF3NO4/c1-28-18(27)15(10-11-3-2-4-14(20)9-11)24-17(26)16(25)12-5-7-13(8-6-12)19(21,22)23/h2-9,15-16,25H,10H2,1H3,(H,24,26)/t15-,16-/m0/s1. The van der Waals surface area contributed by atoms with E-state index in [2.05, 4.69) is 10.1 Å². The molecule has 0 aliphatic carbocycles. The first kappa shape index (κ1) is 21.7. The van der Waals surface area contributed by atoms with Crippen LogP contribution >= 0.6 is 11.6 Å². The van der Waals surface area contributed by atoms with Crippen molar-refractivity contribution in [1.29, 1.82) is 0 Å². The monoisotopic (exact) mass is 415 g/mol. The highest BCUT2D eigenvalue weighted by Gasteiger charge is 2.31. The third-order valence-electron chi connectivity index (χ3n) is 3.93. The van der Waals surface area contributed by atoms with Gasteiger partial charge in [-0.25, -0.2) is 4.79 Å². The Morgan fingerprint density at radius 2 is 1.82 bits per heavy atom. The molecule has 9 heteroatoms. The Hall–Kier alpha value is -2.58. The first-order valence-corrected chi connectivity index (χ1v) is 8.47. The van der Waals surface area contributed by atoms with E-state index in [4.69, 9.17) is 11.6 Å². The molecule has 150 valence electrons. The minimum Gasteiger partial charge on any atom is -0.467 e. The summed E-state index contributed by atoms with van der Waals surface area (Å²) in [5.74, 6) is -1.69. The molecular formula is C19H17ClF3NO4. The molecule has 5 nitrogen and oxygen atoms in total. The molecule has 0 radical (unpaired) electrons. The van der Waals surface area contributed by atoms with Gasteiger partial charge in [0.2, 0.25) is 0 Å². The number of benzene rings is 2. The molecule has 0 saturated carbocycles. The molecule has 2 rings (SSSR count). The van der Waals surface area contributed by atoms with Crippen LogP contribution < -0.4 is 5.32 Å². The van der Waals surface area contributed by atoms with Crippen molar-refractivity contribution in [1.82, 2.24) is 5.32 Å². The molecule has 0 aliphatic heterocycles. The van der Waals surface area contributed by atoms with Crippen LogP contribution in [0.4, 0.5) is 13.2 Å². The van der Waals surface area contributed by atoms with Crippen molar-refractivity contribution >= 4 is 23.5 Å². The number of aliphatic hydroxyl groups is 1. The second kappa shape index (κ2) is 9.07. The van der Waals surface area contributed by atoms with Gasteiger partial charge in [0, 0.05) is 11.4 Å². The molecule has 0 aromatic heterocycles. The van der Waals surface area contributed by atoms with Gasteiger partial charge in [0.15, 0.2) is 6.10 Å². The fraction of sp³-hybridized carbons (Fsp3) is 0.263. The zero-order valence-electron chi connectivity index (χ0n) is 14.7.